The number of hydrogen-bond acceptors (Lipinski definition) is 8. The lowest BCUT2D eigenvalue weighted by atomic mass is 10.1. The van der Waals surface area contributed by atoms with E-state index in [-0.39, 0.29) is 5.91 Å². The molecule has 3 heterocycles. The Labute approximate surface area is 281 Å². The first-order valence-electron chi connectivity index (χ1n) is 15.3. The van der Waals surface area contributed by atoms with Crippen LogP contribution < -0.4 is 19.4 Å². The van der Waals surface area contributed by atoms with Gasteiger partial charge in [0, 0.05) is 81.1 Å². The minimum absolute atomic E-state index is 0.101. The summed E-state index contributed by atoms with van der Waals surface area (Å²) in [7, 11) is 1.66. The van der Waals surface area contributed by atoms with Gasteiger partial charge < -0.3 is 24.3 Å². The van der Waals surface area contributed by atoms with Gasteiger partial charge in [-0.2, -0.15) is 13.2 Å². The number of benzene rings is 3. The first kappa shape index (κ1) is 32.8. The Morgan fingerprint density at radius 1 is 0.809 bits per heavy atom. The first-order valence-corrected chi connectivity index (χ1v) is 16.6. The van der Waals surface area contributed by atoms with Crippen molar-refractivity contribution in [3.8, 4) is 5.75 Å². The lowest BCUT2D eigenvalue weighted by Gasteiger charge is -2.36. The number of thioether (sulfide) groups is 1. The number of halogens is 4. The highest BCUT2D eigenvalue weighted by Crippen LogP contribution is 2.32. The van der Waals surface area contributed by atoms with Gasteiger partial charge in [0.15, 0.2) is 5.16 Å². The van der Waals surface area contributed by atoms with Crippen molar-refractivity contribution >= 4 is 46.5 Å². The quantitative estimate of drug-likeness (QED) is 0.115. The van der Waals surface area contributed by atoms with Crippen molar-refractivity contribution in [2.45, 2.75) is 17.1 Å². The van der Waals surface area contributed by atoms with Gasteiger partial charge in [0.1, 0.15) is 16.7 Å². The van der Waals surface area contributed by atoms with Crippen molar-refractivity contribution in [1.82, 2.24) is 14.9 Å². The minimum atomic E-state index is -4.40. The van der Waals surface area contributed by atoms with E-state index < -0.39 is 11.7 Å². The minimum Gasteiger partial charge on any atom is -0.497 e. The molecule has 1 aromatic heterocycles. The van der Waals surface area contributed by atoms with E-state index in [4.69, 9.17) is 21.3 Å². The van der Waals surface area contributed by atoms with Gasteiger partial charge in [-0.15, -0.1) is 0 Å². The average Bonchev–Trinajstić information content (AvgIpc) is 3.10. The van der Waals surface area contributed by atoms with Gasteiger partial charge in [-0.05, 0) is 60.2 Å². The van der Waals surface area contributed by atoms with Crippen molar-refractivity contribution in [1.29, 1.82) is 0 Å². The fraction of sp³-hybridized carbons (Fsp3) is 0.324. The van der Waals surface area contributed by atoms with E-state index >= 15 is 0 Å². The molecule has 0 unspecified atom stereocenters. The van der Waals surface area contributed by atoms with Crippen LogP contribution >= 0.6 is 23.4 Å². The highest BCUT2D eigenvalue weighted by Gasteiger charge is 2.31. The lowest BCUT2D eigenvalue weighted by Crippen LogP contribution is -2.48. The van der Waals surface area contributed by atoms with E-state index in [1.54, 1.807) is 30.2 Å². The predicted octanol–water partition coefficient (Wildman–Crippen LogP) is 6.74. The number of rotatable bonds is 8. The van der Waals surface area contributed by atoms with E-state index in [0.29, 0.717) is 53.5 Å². The third kappa shape index (κ3) is 8.05. The Balaban J connectivity index is 1.03. The summed E-state index contributed by atoms with van der Waals surface area (Å²) >= 11 is 7.87. The van der Waals surface area contributed by atoms with Crippen LogP contribution in [0.25, 0.3) is 0 Å². The van der Waals surface area contributed by atoms with Crippen LogP contribution in [0.4, 0.5) is 30.4 Å². The summed E-state index contributed by atoms with van der Waals surface area (Å²) in [6.07, 6.45) is -4.40. The molecular formula is C34H34ClF3N6O2S. The number of aromatic nitrogens is 2. The summed E-state index contributed by atoms with van der Waals surface area (Å²) in [5, 5.41) is 0.941. The highest BCUT2D eigenvalue weighted by molar-refractivity contribution is 7.98. The summed E-state index contributed by atoms with van der Waals surface area (Å²) < 4.78 is 44.8. The third-order valence-electron chi connectivity index (χ3n) is 8.35. The number of carbonyl (C=O) groups is 1. The molecular weight excluding hydrogens is 649 g/mol. The fourth-order valence-electron chi connectivity index (χ4n) is 5.77. The smallest absolute Gasteiger partial charge is 0.416 e. The summed E-state index contributed by atoms with van der Waals surface area (Å²) in [5.41, 5.74) is 2.50. The summed E-state index contributed by atoms with van der Waals surface area (Å²) in [6.45, 7) is 5.02. The van der Waals surface area contributed by atoms with Crippen LogP contribution in [-0.4, -0.2) is 80.2 Å². The number of nitrogens with zero attached hydrogens (tertiary/aromatic N) is 6. The number of methoxy groups -OCH3 is 1. The molecule has 13 heteroatoms. The Bertz CT molecular complexity index is 1690. The van der Waals surface area contributed by atoms with E-state index in [1.165, 1.54) is 17.8 Å². The molecule has 6 rings (SSSR count). The number of amides is 1. The molecule has 3 aromatic carbocycles. The molecule has 4 aromatic rings. The molecule has 0 radical (unpaired) electrons. The Morgan fingerprint density at radius 3 is 2.17 bits per heavy atom. The Hall–Kier alpha value is -4.16. The molecule has 2 aliphatic rings. The zero-order chi connectivity index (χ0) is 33.0. The normalized spacial score (nSPS) is 15.6. The van der Waals surface area contributed by atoms with Crippen LogP contribution in [0.2, 0.25) is 5.15 Å². The summed E-state index contributed by atoms with van der Waals surface area (Å²) in [6, 6.07) is 22.7. The zero-order valence-corrected chi connectivity index (χ0v) is 27.4. The molecule has 0 saturated carbocycles. The summed E-state index contributed by atoms with van der Waals surface area (Å²) in [4.78, 5) is 30.8. The molecule has 2 saturated heterocycles. The Kier molecular flexibility index (Phi) is 9.97. The van der Waals surface area contributed by atoms with Crippen LogP contribution in [0.5, 0.6) is 5.75 Å². The zero-order valence-electron chi connectivity index (χ0n) is 25.8. The maximum Gasteiger partial charge on any atom is 0.416 e. The molecule has 2 fully saturated rings. The molecule has 0 spiro atoms. The van der Waals surface area contributed by atoms with Crippen LogP contribution in [-0.2, 0) is 11.9 Å². The van der Waals surface area contributed by atoms with Crippen molar-refractivity contribution < 1.29 is 22.7 Å². The van der Waals surface area contributed by atoms with Gasteiger partial charge in [-0.25, -0.2) is 9.97 Å². The molecule has 0 N–H and O–H groups in total. The molecule has 2 aliphatic heterocycles. The number of ether oxygens (including phenoxy) is 1. The van der Waals surface area contributed by atoms with Crippen LogP contribution in [0.3, 0.4) is 0 Å². The van der Waals surface area contributed by atoms with Crippen LogP contribution in [0.1, 0.15) is 21.5 Å². The second kappa shape index (κ2) is 14.3. The van der Waals surface area contributed by atoms with Crippen LogP contribution in [0, 0.1) is 0 Å². The number of carbonyl (C=O) groups excluding carboxylic acids is 1. The monoisotopic (exact) mass is 682 g/mol. The topological polar surface area (TPSA) is 65.0 Å². The van der Waals surface area contributed by atoms with Gasteiger partial charge >= 0.3 is 6.18 Å². The van der Waals surface area contributed by atoms with Gasteiger partial charge in [0.2, 0.25) is 0 Å². The number of piperazine rings is 2. The molecule has 1 amide bonds. The van der Waals surface area contributed by atoms with E-state index in [0.717, 1.165) is 61.1 Å². The molecule has 0 bridgehead atoms. The van der Waals surface area contributed by atoms with Gasteiger partial charge in [-0.1, -0.05) is 41.6 Å². The van der Waals surface area contributed by atoms with E-state index in [1.807, 2.05) is 35.2 Å². The molecule has 0 aliphatic carbocycles. The number of alkyl halides is 3. The second-order valence-electron chi connectivity index (χ2n) is 11.3. The van der Waals surface area contributed by atoms with Crippen molar-refractivity contribution in [2.75, 3.05) is 74.2 Å². The van der Waals surface area contributed by atoms with Crippen LogP contribution in [0.15, 0.2) is 84.0 Å². The van der Waals surface area contributed by atoms with Gasteiger partial charge in [0.05, 0.1) is 12.7 Å². The fourth-order valence-corrected chi connectivity index (χ4v) is 6.79. The van der Waals surface area contributed by atoms with E-state index in [2.05, 4.69) is 26.9 Å². The SMILES string of the molecule is COc1ccc(N2CCN(c3cc(Cl)nc(SCc4cccc(C(=O)N5CCN(c6cccc(C(F)(F)F)c6)CC5)c4)n3)CC2)cc1. The van der Waals surface area contributed by atoms with Gasteiger partial charge in [-0.3, -0.25) is 4.79 Å². The third-order valence-corrected chi connectivity index (χ3v) is 9.46. The lowest BCUT2D eigenvalue weighted by molar-refractivity contribution is -0.137. The largest absolute Gasteiger partial charge is 0.497 e. The van der Waals surface area contributed by atoms with Crippen molar-refractivity contribution in [2.24, 2.45) is 0 Å². The van der Waals surface area contributed by atoms with Crippen molar-refractivity contribution in [3.05, 3.63) is 101 Å². The molecule has 0 atom stereocenters. The van der Waals surface area contributed by atoms with Crippen molar-refractivity contribution in [3.63, 3.8) is 0 Å². The standard InChI is InChI=1S/C34H34ClF3N6O2S/c1-46-29-10-8-27(9-11-29)41-12-16-43(17-13-41)31-22-30(35)39-33(40-31)47-23-24-4-2-5-25(20-24)32(45)44-18-14-42(15-19-44)28-7-3-6-26(21-28)34(36,37)38/h2-11,20-22H,12-19,23H2,1H3. The predicted molar refractivity (Wildman–Crippen MR) is 180 cm³/mol. The summed E-state index contributed by atoms with van der Waals surface area (Å²) in [5.74, 6) is 2.07. The Morgan fingerprint density at radius 2 is 1.47 bits per heavy atom. The maximum atomic E-state index is 13.4. The molecule has 47 heavy (non-hydrogen) atoms. The maximum absolute atomic E-state index is 13.4. The highest BCUT2D eigenvalue weighted by atomic mass is 35.5. The first-order chi connectivity index (χ1) is 22.7. The van der Waals surface area contributed by atoms with E-state index in [9.17, 15) is 18.0 Å². The number of anilines is 3. The second-order valence-corrected chi connectivity index (χ2v) is 12.6. The number of hydrogen-bond donors (Lipinski definition) is 0. The molecule has 8 nitrogen and oxygen atoms in total. The van der Waals surface area contributed by atoms with Gasteiger partial charge in [0.25, 0.3) is 5.91 Å². The average molecular weight is 683 g/mol. The molecule has 246 valence electrons.